The van der Waals surface area contributed by atoms with Crippen molar-refractivity contribution < 1.29 is 14.4 Å². The zero-order valence-electron chi connectivity index (χ0n) is 66.9. The number of nitrogens with zero attached hydrogens (tertiary/aromatic N) is 16. The summed E-state index contributed by atoms with van der Waals surface area (Å²) < 4.78 is 9.74. The van der Waals surface area contributed by atoms with Crippen LogP contribution in [-0.2, 0) is 0 Å². The molecule has 0 spiro atoms. The minimum Gasteiger partial charge on any atom is -0.344 e. The van der Waals surface area contributed by atoms with E-state index in [2.05, 4.69) is 104 Å². The van der Waals surface area contributed by atoms with Gasteiger partial charge < -0.3 is 20.9 Å². The van der Waals surface area contributed by atoms with Gasteiger partial charge in [0.05, 0.1) is 70.0 Å². The Kier molecular flexibility index (Phi) is 23.6. The Morgan fingerprint density at radius 2 is 0.807 bits per heavy atom. The van der Waals surface area contributed by atoms with Crippen LogP contribution in [0.5, 0.6) is 0 Å². The summed E-state index contributed by atoms with van der Waals surface area (Å²) in [5.74, 6) is 18.1. The number of aromatic nitrogens is 13. The van der Waals surface area contributed by atoms with Gasteiger partial charge in [0.1, 0.15) is 22.4 Å². The van der Waals surface area contributed by atoms with Gasteiger partial charge in [-0.3, -0.25) is 52.3 Å². The van der Waals surface area contributed by atoms with Gasteiger partial charge in [-0.2, -0.15) is 15.3 Å². The van der Waals surface area contributed by atoms with Crippen LogP contribution in [0.1, 0.15) is 127 Å². The van der Waals surface area contributed by atoms with E-state index in [-0.39, 0.29) is 34.4 Å². The predicted molar refractivity (Wildman–Crippen MR) is 464 cm³/mol. The number of hydrogen-bond donors (Lipinski definition) is 3. The highest BCUT2D eigenvalue weighted by molar-refractivity contribution is 7.07. The summed E-state index contributed by atoms with van der Waals surface area (Å²) in [5.41, 5.74) is 12.3. The van der Waals surface area contributed by atoms with Gasteiger partial charge >= 0.3 is 0 Å². The minimum atomic E-state index is -0.516. The molecule has 0 bridgehead atoms. The van der Waals surface area contributed by atoms with Gasteiger partial charge in [-0.05, 0) is 176 Å². The lowest BCUT2D eigenvalue weighted by Gasteiger charge is -2.30. The quantitative estimate of drug-likeness (QED) is 0.0854. The second-order valence-corrected chi connectivity index (χ2v) is 29.8. The van der Waals surface area contributed by atoms with E-state index in [0.29, 0.717) is 131 Å². The third kappa shape index (κ3) is 17.0. The molecular weight excluding hydrogens is 1510 g/mol. The summed E-state index contributed by atoms with van der Waals surface area (Å²) >= 11 is 1.47. The Labute approximate surface area is 688 Å². The molecule has 3 amide bonds. The fourth-order valence-corrected chi connectivity index (χ4v) is 15.2. The molecule has 0 radical (unpaired) electrons. The predicted octanol–water partition coefficient (Wildman–Crippen LogP) is 11.9. The second kappa shape index (κ2) is 35.2. The van der Waals surface area contributed by atoms with E-state index in [4.69, 9.17) is 0 Å². The number of piperazine rings is 1. The molecule has 25 nitrogen and oxygen atoms in total. The Hall–Kier alpha value is -14.6. The molecule has 0 aliphatic carbocycles. The van der Waals surface area contributed by atoms with Crippen molar-refractivity contribution in [1.29, 1.82) is 0 Å². The van der Waals surface area contributed by atoms with Crippen molar-refractivity contribution in [1.82, 2.24) is 93.1 Å². The number of hydrogen-bond acceptors (Lipinski definition) is 17. The zero-order chi connectivity index (χ0) is 83.0. The molecule has 17 rings (SSSR count). The van der Waals surface area contributed by atoms with E-state index < -0.39 is 18.1 Å². The normalized spacial score (nSPS) is 12.9. The molecule has 3 atom stereocenters. The molecule has 592 valence electrons. The highest BCUT2D eigenvalue weighted by Gasteiger charge is 2.28. The van der Waals surface area contributed by atoms with E-state index in [1.807, 2.05) is 209 Å². The number of nitrogens with one attached hydrogen (secondary N) is 3. The van der Waals surface area contributed by atoms with Crippen molar-refractivity contribution in [2.24, 2.45) is 0 Å². The molecule has 10 aromatic heterocycles. The molecule has 0 unspecified atom stereocenters. The van der Waals surface area contributed by atoms with Crippen LogP contribution in [0.4, 0.5) is 0 Å². The van der Waals surface area contributed by atoms with Crippen LogP contribution in [0.3, 0.4) is 0 Å². The molecule has 1 aliphatic heterocycles. The lowest BCUT2D eigenvalue weighted by molar-refractivity contribution is 0.0931. The summed E-state index contributed by atoms with van der Waals surface area (Å²) in [4.78, 5) is 107. The van der Waals surface area contributed by atoms with Crippen LogP contribution in [-0.4, -0.2) is 155 Å². The standard InChI is InChI=1S/C33H33N7O2.C30H22N6O2S.C30H28N6O2/c1-23(35-32(41)29-24(2)36-39-17-9-15-34-31(29)39)28-22-26-11-7-10-25(12-8-16-38-20-18-37(3)19-21-38)30(26)33(42)40(28)27-13-5-4-6-14-27;1-19(33-29(37)26-20(2)34-35-15-7-14-31-28(26)35)25-16-22-9-6-8-21(12-13-23-17-39-18-32-23)27(22)30(38)36(25)24-10-4-3-5-11-24;1-20(32-29(37)26-21(2)33-35-18-10-16-31-28(26)35)25-19-23-12-8-11-22(13-9-17-34(3)4)27(23)30(38)36(25)24-14-6-5-7-15-24/h4-7,9-11,13-15,17,22-23H,16,18-21H2,1-3H3,(H,35,41);3-11,14-19H,1-2H3,(H,33,37);5-8,10-12,14-16,18-20H,17H2,1-4H3,(H,32,37)/t23-;19-;20-/m000/s1. The number of para-hydroxylation sites is 3. The molecular formula is C93H83N19O6S. The van der Waals surface area contributed by atoms with Crippen LogP contribution < -0.4 is 32.6 Å². The van der Waals surface area contributed by atoms with Crippen molar-refractivity contribution in [3.8, 4) is 52.6 Å². The Bertz CT molecular complexity index is 6950. The fraction of sp³-hybridized carbons (Fsp3) is 0.194. The Morgan fingerprint density at radius 1 is 0.445 bits per heavy atom. The molecule has 0 saturated carbocycles. The average molecular weight is 1590 g/mol. The molecule has 6 aromatic carbocycles. The van der Waals surface area contributed by atoms with E-state index in [0.717, 1.165) is 48.0 Å². The monoisotopic (exact) mass is 1590 g/mol. The van der Waals surface area contributed by atoms with Crippen LogP contribution in [0, 0.1) is 56.3 Å². The van der Waals surface area contributed by atoms with Crippen molar-refractivity contribution in [3.05, 3.63) is 334 Å². The van der Waals surface area contributed by atoms with Gasteiger partial charge in [0.2, 0.25) is 0 Å². The smallest absolute Gasteiger partial charge is 0.264 e. The SMILES string of the molecule is Cc1nn2cccnc2c1C(=O)N[C@@H](C)c1cc2cccc(C#CCN(C)C)c2c(=O)n1-c1ccccc1.Cc1nn2cccnc2c1C(=O)N[C@@H](C)c1cc2cccc(C#CCN3CCN(C)CC3)c2c(=O)n1-c1ccccc1.Cc1nn2cccnc2c1C(=O)N[C@@H](C)c1cc2cccc(C#Cc3cscn3)c2c(=O)n1-c1ccccc1. The zero-order valence-corrected chi connectivity index (χ0v) is 67.7. The number of pyridine rings is 3. The lowest BCUT2D eigenvalue weighted by atomic mass is 10.0. The number of benzene rings is 6. The van der Waals surface area contributed by atoms with Crippen molar-refractivity contribution >= 4 is 78.3 Å². The van der Waals surface area contributed by atoms with Crippen molar-refractivity contribution in [3.63, 3.8) is 0 Å². The maximum absolute atomic E-state index is 14.3. The molecule has 119 heavy (non-hydrogen) atoms. The van der Waals surface area contributed by atoms with Gasteiger partial charge in [-0.15, -0.1) is 11.3 Å². The summed E-state index contributed by atoms with van der Waals surface area (Å²) in [6.45, 7) is 16.2. The third-order valence-electron chi connectivity index (χ3n) is 20.5. The van der Waals surface area contributed by atoms with Gasteiger partial charge in [0.15, 0.2) is 16.9 Å². The number of aryl methyl sites for hydroxylation is 3. The van der Waals surface area contributed by atoms with Gasteiger partial charge in [0, 0.05) is 120 Å². The number of fused-ring (bicyclic) bond motifs is 6. The van der Waals surface area contributed by atoms with E-state index in [9.17, 15) is 28.8 Å². The Morgan fingerprint density at radius 3 is 1.16 bits per heavy atom. The first-order chi connectivity index (χ1) is 57.8. The number of thiazole rings is 1. The van der Waals surface area contributed by atoms with Crippen LogP contribution >= 0.6 is 11.3 Å². The topological polar surface area (TPSA) is 266 Å². The second-order valence-electron chi connectivity index (χ2n) is 29.1. The summed E-state index contributed by atoms with van der Waals surface area (Å²) in [6.07, 6.45) is 10.2. The highest BCUT2D eigenvalue weighted by atomic mass is 32.1. The third-order valence-corrected chi connectivity index (χ3v) is 21.1. The van der Waals surface area contributed by atoms with E-state index in [1.54, 1.807) is 109 Å². The molecule has 1 saturated heterocycles. The fourth-order valence-electron chi connectivity index (χ4n) is 14.7. The van der Waals surface area contributed by atoms with E-state index in [1.165, 1.54) is 11.3 Å². The van der Waals surface area contributed by atoms with Crippen molar-refractivity contribution in [2.45, 2.75) is 59.7 Å². The van der Waals surface area contributed by atoms with Gasteiger partial charge in [-0.25, -0.2) is 33.5 Å². The van der Waals surface area contributed by atoms with Crippen molar-refractivity contribution in [2.75, 3.05) is 60.4 Å². The molecule has 3 N–H and O–H groups in total. The number of likely N-dealkylation sites (N-methyl/N-ethyl adjacent to an activating group) is 1. The number of carbonyl (C=O) groups is 3. The first-order valence-corrected chi connectivity index (χ1v) is 39.7. The van der Waals surface area contributed by atoms with Crippen LogP contribution in [0.2, 0.25) is 0 Å². The first-order valence-electron chi connectivity index (χ1n) is 38.7. The van der Waals surface area contributed by atoms with Crippen LogP contribution in [0.25, 0.3) is 66.3 Å². The molecule has 11 heterocycles. The summed E-state index contributed by atoms with van der Waals surface area (Å²) in [7, 11) is 6.04. The minimum absolute atomic E-state index is 0.173. The Balaban J connectivity index is 0.000000140. The summed E-state index contributed by atoms with van der Waals surface area (Å²) in [5, 5.41) is 28.2. The van der Waals surface area contributed by atoms with E-state index >= 15 is 0 Å². The van der Waals surface area contributed by atoms with Gasteiger partial charge in [-0.1, -0.05) is 121 Å². The number of amides is 3. The number of rotatable bonds is 14. The number of carbonyl (C=O) groups excluding carboxylic acids is 3. The molecule has 16 aromatic rings. The molecule has 1 aliphatic rings. The highest BCUT2D eigenvalue weighted by Crippen LogP contribution is 2.29. The molecule has 1 fully saturated rings. The van der Waals surface area contributed by atoms with Crippen LogP contribution in [0.15, 0.2) is 244 Å². The molecule has 26 heteroatoms. The first kappa shape index (κ1) is 79.6. The maximum atomic E-state index is 14.3. The largest absolute Gasteiger partial charge is 0.344 e. The average Bonchev–Trinajstić information content (AvgIpc) is 1.58. The van der Waals surface area contributed by atoms with Gasteiger partial charge in [0.25, 0.3) is 34.4 Å². The lowest BCUT2D eigenvalue weighted by Crippen LogP contribution is -2.44. The summed E-state index contributed by atoms with van der Waals surface area (Å²) in [6, 6.07) is 55.0. The maximum Gasteiger partial charge on any atom is 0.264 e.